The lowest BCUT2D eigenvalue weighted by molar-refractivity contribution is 0.0898. The Kier molecular flexibility index (Phi) is 6.28. The molecule has 0 unspecified atom stereocenters. The Bertz CT molecular complexity index is 1460. The molecule has 2 heterocycles. The molecule has 0 saturated carbocycles. The molecule has 190 valence electrons. The van der Waals surface area contributed by atoms with Crippen LogP contribution in [-0.2, 0) is 11.3 Å². The minimum absolute atomic E-state index is 0.00229. The van der Waals surface area contributed by atoms with Gasteiger partial charge in [-0.25, -0.2) is 4.79 Å². The zero-order valence-electron chi connectivity index (χ0n) is 20.5. The Morgan fingerprint density at radius 1 is 1.18 bits per heavy atom. The summed E-state index contributed by atoms with van der Waals surface area (Å²) in [5, 5.41) is 30.7. The molecule has 2 aromatic carbocycles. The SMILES string of the molecule is COc1cc([C@@H]2[C@@H]3CN(C(=O)OCc4ccccc4)CC=C3C(C#N)=C(N)C2(C#N)C#N)cc2c1OCO2. The van der Waals surface area contributed by atoms with Crippen molar-refractivity contribution in [3.05, 3.63) is 76.5 Å². The molecular weight excluding hydrogens is 486 g/mol. The van der Waals surface area contributed by atoms with Crippen LogP contribution in [0, 0.1) is 45.3 Å². The first-order chi connectivity index (χ1) is 18.5. The van der Waals surface area contributed by atoms with E-state index in [1.54, 1.807) is 18.2 Å². The number of methoxy groups -OCH3 is 1. The number of carbonyl (C=O) groups excluding carboxylic acids is 1. The third-order valence-electron chi connectivity index (χ3n) is 7.17. The number of rotatable bonds is 4. The summed E-state index contributed by atoms with van der Waals surface area (Å²) in [4.78, 5) is 14.5. The van der Waals surface area contributed by atoms with Gasteiger partial charge in [-0.05, 0) is 28.8 Å². The topological polar surface area (TPSA) is 155 Å². The van der Waals surface area contributed by atoms with E-state index in [1.807, 2.05) is 30.3 Å². The summed E-state index contributed by atoms with van der Waals surface area (Å²) in [6.45, 7) is 0.375. The van der Waals surface area contributed by atoms with Crippen molar-refractivity contribution < 1.29 is 23.7 Å². The molecule has 2 atom stereocenters. The summed E-state index contributed by atoms with van der Waals surface area (Å²) in [7, 11) is 1.47. The van der Waals surface area contributed by atoms with Crippen molar-refractivity contribution in [1.82, 2.24) is 4.90 Å². The van der Waals surface area contributed by atoms with Crippen LogP contribution in [0.15, 0.2) is 65.4 Å². The summed E-state index contributed by atoms with van der Waals surface area (Å²) in [6, 6.07) is 18.9. The maximum Gasteiger partial charge on any atom is 0.410 e. The molecule has 0 aromatic heterocycles. The summed E-state index contributed by atoms with van der Waals surface area (Å²) >= 11 is 0. The normalized spacial score (nSPS) is 20.8. The predicted molar refractivity (Wildman–Crippen MR) is 132 cm³/mol. The van der Waals surface area contributed by atoms with E-state index in [4.69, 9.17) is 24.7 Å². The molecule has 0 spiro atoms. The zero-order valence-corrected chi connectivity index (χ0v) is 20.5. The van der Waals surface area contributed by atoms with Crippen molar-refractivity contribution in [2.24, 2.45) is 17.1 Å². The predicted octanol–water partition coefficient (Wildman–Crippen LogP) is 3.49. The maximum absolute atomic E-state index is 13.0. The molecule has 1 amide bonds. The summed E-state index contributed by atoms with van der Waals surface area (Å²) in [6.07, 6.45) is 1.19. The van der Waals surface area contributed by atoms with Gasteiger partial charge >= 0.3 is 6.09 Å². The van der Waals surface area contributed by atoms with Gasteiger partial charge in [-0.15, -0.1) is 0 Å². The second-order valence-corrected chi connectivity index (χ2v) is 9.08. The zero-order chi connectivity index (χ0) is 26.9. The lowest BCUT2D eigenvalue weighted by Crippen LogP contribution is -2.49. The van der Waals surface area contributed by atoms with Crippen molar-refractivity contribution in [1.29, 1.82) is 15.8 Å². The molecule has 2 N–H and O–H groups in total. The number of nitrogens with two attached hydrogens (primary N) is 1. The molecular formula is C28H23N5O5. The molecule has 5 rings (SSSR count). The van der Waals surface area contributed by atoms with E-state index in [2.05, 4.69) is 18.2 Å². The number of carbonyl (C=O) groups is 1. The quantitative estimate of drug-likeness (QED) is 0.652. The van der Waals surface area contributed by atoms with Crippen LogP contribution in [0.1, 0.15) is 17.0 Å². The third-order valence-corrected chi connectivity index (χ3v) is 7.17. The van der Waals surface area contributed by atoms with Crippen LogP contribution >= 0.6 is 0 Å². The van der Waals surface area contributed by atoms with Gasteiger partial charge in [0.2, 0.25) is 12.5 Å². The first-order valence-corrected chi connectivity index (χ1v) is 11.8. The number of hydrogen-bond donors (Lipinski definition) is 1. The smallest absolute Gasteiger partial charge is 0.410 e. The van der Waals surface area contributed by atoms with E-state index in [0.29, 0.717) is 28.4 Å². The number of fused-ring (bicyclic) bond motifs is 2. The Labute approximate surface area is 219 Å². The van der Waals surface area contributed by atoms with E-state index in [-0.39, 0.29) is 37.8 Å². The lowest BCUT2D eigenvalue weighted by Gasteiger charge is -2.45. The first kappa shape index (κ1) is 24.5. The second-order valence-electron chi connectivity index (χ2n) is 9.08. The highest BCUT2D eigenvalue weighted by atomic mass is 16.7. The summed E-state index contributed by atoms with van der Waals surface area (Å²) in [5.41, 5.74) is 6.43. The molecule has 0 saturated heterocycles. The number of hydrogen-bond acceptors (Lipinski definition) is 9. The van der Waals surface area contributed by atoms with Crippen molar-refractivity contribution in [3.63, 3.8) is 0 Å². The van der Waals surface area contributed by atoms with E-state index in [1.165, 1.54) is 12.0 Å². The van der Waals surface area contributed by atoms with Gasteiger partial charge in [0.25, 0.3) is 0 Å². The highest BCUT2D eigenvalue weighted by Gasteiger charge is 2.55. The number of nitrogens with zero attached hydrogens (tertiary/aromatic N) is 4. The number of benzene rings is 2. The first-order valence-electron chi connectivity index (χ1n) is 11.8. The van der Waals surface area contributed by atoms with Crippen LogP contribution in [-0.4, -0.2) is 38.0 Å². The number of ether oxygens (including phenoxy) is 4. The van der Waals surface area contributed by atoms with Crippen LogP contribution < -0.4 is 19.9 Å². The molecule has 10 heteroatoms. The van der Waals surface area contributed by atoms with Crippen LogP contribution in [0.5, 0.6) is 17.2 Å². The van der Waals surface area contributed by atoms with Gasteiger partial charge in [0, 0.05) is 24.9 Å². The van der Waals surface area contributed by atoms with Crippen LogP contribution in [0.3, 0.4) is 0 Å². The van der Waals surface area contributed by atoms with Crippen molar-refractivity contribution in [2.45, 2.75) is 12.5 Å². The van der Waals surface area contributed by atoms with E-state index >= 15 is 0 Å². The number of nitriles is 3. The van der Waals surface area contributed by atoms with Gasteiger partial charge in [-0.2, -0.15) is 15.8 Å². The fourth-order valence-corrected chi connectivity index (χ4v) is 5.35. The lowest BCUT2D eigenvalue weighted by atomic mass is 9.58. The molecule has 2 aromatic rings. The minimum atomic E-state index is -1.89. The highest BCUT2D eigenvalue weighted by Crippen LogP contribution is 2.56. The fourth-order valence-electron chi connectivity index (χ4n) is 5.35. The molecule has 3 aliphatic rings. The highest BCUT2D eigenvalue weighted by molar-refractivity contribution is 5.70. The Morgan fingerprint density at radius 2 is 1.95 bits per heavy atom. The molecule has 10 nitrogen and oxygen atoms in total. The number of allylic oxidation sites excluding steroid dienone is 2. The van der Waals surface area contributed by atoms with Gasteiger partial charge in [-0.1, -0.05) is 36.4 Å². The third kappa shape index (κ3) is 3.82. The van der Waals surface area contributed by atoms with Gasteiger partial charge in [0.1, 0.15) is 12.7 Å². The van der Waals surface area contributed by atoms with Gasteiger partial charge in [0.05, 0.1) is 30.5 Å². The Balaban J connectivity index is 1.57. The molecule has 38 heavy (non-hydrogen) atoms. The number of amides is 1. The van der Waals surface area contributed by atoms with E-state index < -0.39 is 23.3 Å². The van der Waals surface area contributed by atoms with Crippen molar-refractivity contribution in [3.8, 4) is 35.5 Å². The molecule has 2 aliphatic heterocycles. The fraction of sp³-hybridized carbons (Fsp3) is 0.286. The monoisotopic (exact) mass is 509 g/mol. The largest absolute Gasteiger partial charge is 0.493 e. The molecule has 1 aliphatic carbocycles. The van der Waals surface area contributed by atoms with Crippen LogP contribution in [0.2, 0.25) is 0 Å². The van der Waals surface area contributed by atoms with E-state index in [0.717, 1.165) is 5.56 Å². The van der Waals surface area contributed by atoms with Crippen LogP contribution in [0.4, 0.5) is 4.79 Å². The van der Waals surface area contributed by atoms with E-state index in [9.17, 15) is 20.6 Å². The standard InChI is InChI=1S/C28H23N5O5/c1-35-22-9-18(10-23-25(22)38-16-37-23)24-21-12-33(27(34)36-13-17-5-3-2-4-6-17)8-7-19(21)20(11-29)26(32)28(24,14-30)15-31/h2-7,9-10,21,24H,8,12-13,16,32H2,1H3/t21-,24-/m1/s1. The van der Waals surface area contributed by atoms with Gasteiger partial charge in [0.15, 0.2) is 16.9 Å². The van der Waals surface area contributed by atoms with Crippen molar-refractivity contribution >= 4 is 6.09 Å². The van der Waals surface area contributed by atoms with Gasteiger partial charge < -0.3 is 29.6 Å². The Morgan fingerprint density at radius 3 is 2.63 bits per heavy atom. The molecule has 0 fully saturated rings. The second kappa shape index (κ2) is 9.72. The maximum atomic E-state index is 13.0. The molecule has 0 radical (unpaired) electrons. The average molecular weight is 510 g/mol. The van der Waals surface area contributed by atoms with Crippen LogP contribution in [0.25, 0.3) is 0 Å². The summed E-state index contributed by atoms with van der Waals surface area (Å²) in [5.74, 6) is -0.279. The van der Waals surface area contributed by atoms with Gasteiger partial charge in [-0.3, -0.25) is 0 Å². The average Bonchev–Trinajstić information content (AvgIpc) is 3.44. The molecule has 0 bridgehead atoms. The summed E-state index contributed by atoms with van der Waals surface area (Å²) < 4.78 is 22.1. The Hall–Kier alpha value is -5.14. The minimum Gasteiger partial charge on any atom is -0.493 e. The van der Waals surface area contributed by atoms with Crippen molar-refractivity contribution in [2.75, 3.05) is 27.0 Å².